The van der Waals surface area contributed by atoms with Gasteiger partial charge in [0.15, 0.2) is 0 Å². The minimum atomic E-state index is -0.861. The number of carbonyl (C=O) groups is 4. The summed E-state index contributed by atoms with van der Waals surface area (Å²) >= 11 is 6.13. The molecule has 3 amide bonds. The lowest BCUT2D eigenvalue weighted by Gasteiger charge is -2.31. The third-order valence-corrected chi connectivity index (χ3v) is 6.20. The number of rotatable bonds is 8. The first-order valence-corrected chi connectivity index (χ1v) is 12.0. The van der Waals surface area contributed by atoms with E-state index in [1.165, 1.54) is 4.90 Å². The summed E-state index contributed by atoms with van der Waals surface area (Å²) in [7, 11) is 0. The Bertz CT molecular complexity index is 937. The fourth-order valence-electron chi connectivity index (χ4n) is 4.18. The number of carbonyl (C=O) groups excluding carboxylic acids is 4. The number of cyclic esters (lactones) is 1. The fourth-order valence-corrected chi connectivity index (χ4v) is 4.41. The Morgan fingerprint density at radius 2 is 1.88 bits per heavy atom. The SMILES string of the molecule is CC(C)O[C@@H]1OC(=O)C[C@H]1NC(=O)[C@@H]1CCCN1C(=O)[C@@H](NC(=O)c1ccccc1Cl)C(C)C. The molecule has 0 radical (unpaired) electrons. The van der Waals surface area contributed by atoms with Crippen molar-refractivity contribution in [2.45, 2.75) is 77.5 Å². The first kappa shape index (κ1) is 26.0. The van der Waals surface area contributed by atoms with Gasteiger partial charge >= 0.3 is 5.97 Å². The van der Waals surface area contributed by atoms with Crippen LogP contribution in [0.2, 0.25) is 5.02 Å². The van der Waals surface area contributed by atoms with Crippen molar-refractivity contribution < 1.29 is 28.7 Å². The number of esters is 1. The van der Waals surface area contributed by atoms with Gasteiger partial charge in [0.1, 0.15) is 18.1 Å². The molecule has 34 heavy (non-hydrogen) atoms. The van der Waals surface area contributed by atoms with Crippen LogP contribution in [-0.4, -0.2) is 65.7 Å². The van der Waals surface area contributed by atoms with Crippen LogP contribution in [0.25, 0.3) is 0 Å². The Kier molecular flexibility index (Phi) is 8.54. The molecular formula is C24H32ClN3O6. The molecule has 10 heteroatoms. The van der Waals surface area contributed by atoms with Crippen molar-refractivity contribution in [1.82, 2.24) is 15.5 Å². The summed E-state index contributed by atoms with van der Waals surface area (Å²) in [5.41, 5.74) is 0.278. The van der Waals surface area contributed by atoms with Crippen LogP contribution >= 0.6 is 11.6 Å². The van der Waals surface area contributed by atoms with Crippen molar-refractivity contribution >= 4 is 35.3 Å². The van der Waals surface area contributed by atoms with Gasteiger partial charge in [-0.05, 0) is 44.7 Å². The minimum absolute atomic E-state index is 0.00625. The van der Waals surface area contributed by atoms with Crippen LogP contribution in [0, 0.1) is 5.92 Å². The van der Waals surface area contributed by atoms with E-state index in [1.54, 1.807) is 24.3 Å². The quantitative estimate of drug-likeness (QED) is 0.537. The van der Waals surface area contributed by atoms with E-state index in [0.717, 1.165) is 0 Å². The third-order valence-electron chi connectivity index (χ3n) is 5.87. The van der Waals surface area contributed by atoms with Crippen molar-refractivity contribution in [1.29, 1.82) is 0 Å². The first-order valence-electron chi connectivity index (χ1n) is 11.6. The molecule has 2 fully saturated rings. The van der Waals surface area contributed by atoms with Crippen molar-refractivity contribution in [3.05, 3.63) is 34.9 Å². The molecule has 1 aromatic carbocycles. The Balaban J connectivity index is 1.70. The average molecular weight is 494 g/mol. The Morgan fingerprint density at radius 1 is 1.18 bits per heavy atom. The largest absolute Gasteiger partial charge is 0.433 e. The van der Waals surface area contributed by atoms with Gasteiger partial charge in [0.25, 0.3) is 5.91 Å². The van der Waals surface area contributed by atoms with Gasteiger partial charge in [-0.15, -0.1) is 0 Å². The number of likely N-dealkylation sites (tertiary alicyclic amines) is 1. The summed E-state index contributed by atoms with van der Waals surface area (Å²) in [5, 5.41) is 5.90. The normalized spacial score (nSPS) is 23.2. The highest BCUT2D eigenvalue weighted by molar-refractivity contribution is 6.33. The summed E-state index contributed by atoms with van der Waals surface area (Å²) in [6.07, 6.45) is 0.0949. The van der Waals surface area contributed by atoms with Crippen LogP contribution in [-0.2, 0) is 23.9 Å². The number of nitrogens with zero attached hydrogens (tertiary/aromatic N) is 1. The fraction of sp³-hybridized carbons (Fsp3) is 0.583. The molecule has 2 aliphatic heterocycles. The first-order chi connectivity index (χ1) is 16.1. The molecule has 0 aliphatic carbocycles. The van der Waals surface area contributed by atoms with E-state index < -0.39 is 36.3 Å². The summed E-state index contributed by atoms with van der Waals surface area (Å²) in [6, 6.07) is 4.45. The highest BCUT2D eigenvalue weighted by atomic mass is 35.5. The molecule has 1 aromatic rings. The zero-order chi connectivity index (χ0) is 25.0. The van der Waals surface area contributed by atoms with Crippen molar-refractivity contribution in [3.63, 3.8) is 0 Å². The van der Waals surface area contributed by atoms with E-state index in [-0.39, 0.29) is 35.8 Å². The van der Waals surface area contributed by atoms with Crippen molar-refractivity contribution in [3.8, 4) is 0 Å². The van der Waals surface area contributed by atoms with E-state index in [0.29, 0.717) is 24.4 Å². The molecule has 3 rings (SSSR count). The van der Waals surface area contributed by atoms with Crippen LogP contribution in [0.15, 0.2) is 24.3 Å². The van der Waals surface area contributed by atoms with Gasteiger partial charge < -0.3 is 25.0 Å². The number of halogens is 1. The minimum Gasteiger partial charge on any atom is -0.433 e. The highest BCUT2D eigenvalue weighted by Crippen LogP contribution is 2.23. The maximum absolute atomic E-state index is 13.4. The van der Waals surface area contributed by atoms with Crippen LogP contribution in [0.5, 0.6) is 0 Å². The van der Waals surface area contributed by atoms with E-state index in [4.69, 9.17) is 21.1 Å². The van der Waals surface area contributed by atoms with E-state index >= 15 is 0 Å². The number of amides is 3. The summed E-state index contributed by atoms with van der Waals surface area (Å²) in [6.45, 7) is 7.68. The standard InChI is InChI=1S/C24H32ClN3O6/c1-13(2)20(27-21(30)15-8-5-6-9-16(15)25)23(32)28-11-7-10-18(28)22(31)26-17-12-19(29)34-24(17)33-14(3)4/h5-6,8-9,13-14,17-18,20,24H,7,10-12H2,1-4H3,(H,26,31)(H,27,30)/t17-,18+,20+,24-/m1/s1. The van der Waals surface area contributed by atoms with Crippen molar-refractivity contribution in [2.75, 3.05) is 6.54 Å². The number of hydrogen-bond acceptors (Lipinski definition) is 6. The number of benzene rings is 1. The maximum Gasteiger partial charge on any atom is 0.310 e. The second-order valence-electron chi connectivity index (χ2n) is 9.23. The predicted octanol–water partition coefficient (Wildman–Crippen LogP) is 2.27. The summed E-state index contributed by atoms with van der Waals surface area (Å²) < 4.78 is 10.8. The maximum atomic E-state index is 13.4. The molecular weight excluding hydrogens is 462 g/mol. The lowest BCUT2D eigenvalue weighted by atomic mass is 10.0. The highest BCUT2D eigenvalue weighted by Gasteiger charge is 2.42. The molecule has 0 bridgehead atoms. The predicted molar refractivity (Wildman–Crippen MR) is 125 cm³/mol. The Hall–Kier alpha value is -2.65. The monoisotopic (exact) mass is 493 g/mol. The van der Waals surface area contributed by atoms with Crippen LogP contribution in [0.1, 0.15) is 57.3 Å². The Labute approximate surface area is 204 Å². The number of hydrogen-bond donors (Lipinski definition) is 2. The number of ether oxygens (including phenoxy) is 2. The Morgan fingerprint density at radius 3 is 2.53 bits per heavy atom. The molecule has 9 nitrogen and oxygen atoms in total. The molecule has 0 unspecified atom stereocenters. The van der Waals surface area contributed by atoms with Gasteiger partial charge in [-0.3, -0.25) is 19.2 Å². The summed E-state index contributed by atoms with van der Waals surface area (Å²) in [5.74, 6) is -1.81. The van der Waals surface area contributed by atoms with E-state index in [2.05, 4.69) is 10.6 Å². The molecule has 0 spiro atoms. The van der Waals surface area contributed by atoms with Gasteiger partial charge in [-0.1, -0.05) is 37.6 Å². The topological polar surface area (TPSA) is 114 Å². The van der Waals surface area contributed by atoms with Crippen LogP contribution < -0.4 is 10.6 Å². The number of nitrogens with one attached hydrogen (secondary N) is 2. The van der Waals surface area contributed by atoms with Crippen LogP contribution in [0.3, 0.4) is 0 Å². The lowest BCUT2D eigenvalue weighted by molar-refractivity contribution is -0.173. The van der Waals surface area contributed by atoms with E-state index in [9.17, 15) is 19.2 Å². The third kappa shape index (κ3) is 6.07. The lowest BCUT2D eigenvalue weighted by Crippen LogP contribution is -2.56. The smallest absolute Gasteiger partial charge is 0.310 e. The average Bonchev–Trinajstić information content (AvgIpc) is 3.38. The molecule has 2 heterocycles. The van der Waals surface area contributed by atoms with Gasteiger partial charge in [0, 0.05) is 6.54 Å². The summed E-state index contributed by atoms with van der Waals surface area (Å²) in [4.78, 5) is 52.6. The van der Waals surface area contributed by atoms with Crippen molar-refractivity contribution in [2.24, 2.45) is 5.92 Å². The zero-order valence-electron chi connectivity index (χ0n) is 19.9. The van der Waals surface area contributed by atoms with E-state index in [1.807, 2.05) is 27.7 Å². The molecule has 0 saturated carbocycles. The second kappa shape index (κ2) is 11.2. The second-order valence-corrected chi connectivity index (χ2v) is 9.63. The molecule has 2 N–H and O–H groups in total. The molecule has 4 atom stereocenters. The molecule has 2 aliphatic rings. The van der Waals surface area contributed by atoms with Gasteiger partial charge in [-0.25, -0.2) is 0 Å². The van der Waals surface area contributed by atoms with Gasteiger partial charge in [-0.2, -0.15) is 0 Å². The molecule has 186 valence electrons. The van der Waals surface area contributed by atoms with Gasteiger partial charge in [0.05, 0.1) is 23.1 Å². The molecule has 0 aromatic heterocycles. The molecule has 2 saturated heterocycles. The van der Waals surface area contributed by atoms with Gasteiger partial charge in [0.2, 0.25) is 18.1 Å². The van der Waals surface area contributed by atoms with Crippen LogP contribution in [0.4, 0.5) is 0 Å². The zero-order valence-corrected chi connectivity index (χ0v) is 20.6.